The van der Waals surface area contributed by atoms with Gasteiger partial charge in [-0.05, 0) is 98.5 Å². The summed E-state index contributed by atoms with van der Waals surface area (Å²) in [5, 5.41) is 2.49. The van der Waals surface area contributed by atoms with Crippen LogP contribution in [0.5, 0.6) is 0 Å². The van der Waals surface area contributed by atoms with Crippen LogP contribution in [0.1, 0.15) is 44.8 Å². The maximum atomic E-state index is 4.98. The molecule has 0 N–H and O–H groups in total. The first-order valence-electron chi connectivity index (χ1n) is 21.1. The number of rotatable bonds is 6. The van der Waals surface area contributed by atoms with E-state index in [2.05, 4.69) is 218 Å². The summed E-state index contributed by atoms with van der Waals surface area (Å²) in [5.41, 5.74) is 18.8. The lowest BCUT2D eigenvalue weighted by molar-refractivity contribution is 0.730. The van der Waals surface area contributed by atoms with Crippen molar-refractivity contribution < 1.29 is 0 Å². The average Bonchev–Trinajstić information content (AvgIpc) is 3.63. The molecule has 1 aliphatic rings. The predicted molar refractivity (Wildman–Crippen MR) is 253 cm³/mol. The Morgan fingerprint density at radius 3 is 1.59 bits per heavy atom. The van der Waals surface area contributed by atoms with E-state index in [9.17, 15) is 0 Å². The van der Waals surface area contributed by atoms with Gasteiger partial charge in [-0.2, -0.15) is 0 Å². The Hall–Kier alpha value is -7.56. The molecule has 4 heteroatoms. The molecule has 8 aromatic carbocycles. The van der Waals surface area contributed by atoms with Gasteiger partial charge in [-0.25, -0.2) is 9.97 Å². The predicted octanol–water partition coefficient (Wildman–Crippen LogP) is 14.3. The van der Waals surface area contributed by atoms with Crippen molar-refractivity contribution in [3.63, 3.8) is 0 Å². The highest BCUT2D eigenvalue weighted by molar-refractivity contribution is 6.09. The largest absolute Gasteiger partial charge is 0.310 e. The number of aryl methyl sites for hydroxylation is 3. The summed E-state index contributed by atoms with van der Waals surface area (Å²) in [6.07, 6.45) is 0. The molecule has 292 valence electrons. The van der Waals surface area contributed by atoms with Crippen LogP contribution < -0.4 is 4.90 Å². The molecule has 0 radical (unpaired) electrons. The van der Waals surface area contributed by atoms with E-state index in [0.29, 0.717) is 0 Å². The topological polar surface area (TPSA) is 34.0 Å². The van der Waals surface area contributed by atoms with Crippen LogP contribution in [0.25, 0.3) is 50.0 Å². The normalized spacial score (nSPS) is 13.0. The highest BCUT2D eigenvalue weighted by Crippen LogP contribution is 2.58. The lowest BCUT2D eigenvalue weighted by Gasteiger charge is -2.47. The second kappa shape index (κ2) is 14.3. The summed E-state index contributed by atoms with van der Waals surface area (Å²) < 4.78 is 2.43. The fraction of sp³-hybridized carbons (Fsp3) is 0.0877. The average molecular weight is 785 g/mol. The monoisotopic (exact) mass is 784 g/mol. The molecule has 0 bridgehead atoms. The van der Waals surface area contributed by atoms with Gasteiger partial charge >= 0.3 is 0 Å². The lowest BCUT2D eigenvalue weighted by Crippen LogP contribution is -2.38. The number of anilines is 3. The maximum Gasteiger partial charge on any atom is 0.126 e. The minimum atomic E-state index is -0.643. The van der Waals surface area contributed by atoms with E-state index in [1.807, 2.05) is 13.0 Å². The van der Waals surface area contributed by atoms with E-state index < -0.39 is 5.41 Å². The molecule has 0 fully saturated rings. The van der Waals surface area contributed by atoms with Crippen LogP contribution >= 0.6 is 0 Å². The van der Waals surface area contributed by atoms with E-state index >= 15 is 0 Å². The molecule has 0 saturated heterocycles. The minimum absolute atomic E-state index is 0.643. The molecule has 0 saturated carbocycles. The molecular formula is C57H44N4. The third-order valence-electron chi connectivity index (χ3n) is 12.6. The smallest absolute Gasteiger partial charge is 0.126 e. The van der Waals surface area contributed by atoms with Crippen molar-refractivity contribution in [1.82, 2.24) is 14.5 Å². The summed E-state index contributed by atoms with van der Waals surface area (Å²) >= 11 is 0. The molecular weight excluding hydrogens is 741 g/mol. The Morgan fingerprint density at radius 1 is 0.410 bits per heavy atom. The molecule has 0 atom stereocenters. The van der Waals surface area contributed by atoms with Gasteiger partial charge in [-0.1, -0.05) is 157 Å². The van der Waals surface area contributed by atoms with Gasteiger partial charge in [0.1, 0.15) is 5.82 Å². The second-order valence-electron chi connectivity index (χ2n) is 16.4. The van der Waals surface area contributed by atoms with Crippen LogP contribution in [0, 0.1) is 27.7 Å². The maximum absolute atomic E-state index is 4.98. The molecule has 0 amide bonds. The zero-order valence-corrected chi connectivity index (χ0v) is 34.8. The number of hydrogen-bond donors (Lipinski definition) is 0. The fourth-order valence-corrected chi connectivity index (χ4v) is 9.93. The van der Waals surface area contributed by atoms with Crippen LogP contribution in [0.2, 0.25) is 0 Å². The van der Waals surface area contributed by atoms with Crippen molar-refractivity contribution in [3.05, 3.63) is 239 Å². The number of nitrogens with zero attached hydrogens (tertiary/aromatic N) is 4. The fourth-order valence-electron chi connectivity index (χ4n) is 9.93. The van der Waals surface area contributed by atoms with E-state index in [4.69, 9.17) is 9.97 Å². The Kier molecular flexibility index (Phi) is 8.57. The van der Waals surface area contributed by atoms with Gasteiger partial charge in [0.25, 0.3) is 0 Å². The van der Waals surface area contributed by atoms with Gasteiger partial charge in [0, 0.05) is 38.8 Å². The van der Waals surface area contributed by atoms with Crippen LogP contribution in [-0.2, 0) is 5.41 Å². The highest BCUT2D eigenvalue weighted by Gasteiger charge is 2.47. The number of fused-ring (bicyclic) bond motifs is 5. The quantitative estimate of drug-likeness (QED) is 0.168. The summed E-state index contributed by atoms with van der Waals surface area (Å²) in [5.74, 6) is 0.757. The molecule has 11 rings (SSSR count). The molecule has 0 spiro atoms. The van der Waals surface area contributed by atoms with Crippen molar-refractivity contribution in [1.29, 1.82) is 0 Å². The Labute approximate surface area is 357 Å². The van der Waals surface area contributed by atoms with E-state index in [-0.39, 0.29) is 0 Å². The number of aromatic nitrogens is 3. The van der Waals surface area contributed by atoms with E-state index in [0.717, 1.165) is 56.7 Å². The van der Waals surface area contributed by atoms with Crippen molar-refractivity contribution in [2.24, 2.45) is 0 Å². The van der Waals surface area contributed by atoms with Crippen LogP contribution in [0.15, 0.2) is 194 Å². The van der Waals surface area contributed by atoms with Crippen molar-refractivity contribution in [3.8, 4) is 28.2 Å². The Bertz CT molecular complexity index is 3220. The van der Waals surface area contributed by atoms with Crippen molar-refractivity contribution in [2.75, 3.05) is 4.90 Å². The molecule has 61 heavy (non-hydrogen) atoms. The number of benzene rings is 8. The molecule has 1 aliphatic heterocycles. The van der Waals surface area contributed by atoms with Gasteiger partial charge in [-0.3, -0.25) is 0 Å². The molecule has 10 aromatic rings. The van der Waals surface area contributed by atoms with Crippen LogP contribution in [-0.4, -0.2) is 14.5 Å². The second-order valence-corrected chi connectivity index (χ2v) is 16.4. The number of para-hydroxylation sites is 2. The zero-order chi connectivity index (χ0) is 41.2. The molecule has 2 aromatic heterocycles. The molecule has 0 unspecified atom stereocenters. The number of hydrogen-bond acceptors (Lipinski definition) is 3. The molecule has 3 heterocycles. The van der Waals surface area contributed by atoms with Gasteiger partial charge in [-0.15, -0.1) is 0 Å². The highest BCUT2D eigenvalue weighted by atomic mass is 15.2. The van der Waals surface area contributed by atoms with Gasteiger partial charge < -0.3 is 9.47 Å². The van der Waals surface area contributed by atoms with Gasteiger partial charge in [0.05, 0.1) is 39.2 Å². The first-order valence-corrected chi connectivity index (χ1v) is 21.1. The first-order chi connectivity index (χ1) is 29.9. The summed E-state index contributed by atoms with van der Waals surface area (Å²) in [6.45, 7) is 8.54. The standard InChI is InChI=1S/C57H44N4/c1-37-24-32-52-49(34-37)57(43-18-10-6-11-19-43,44-28-31-48-47-22-14-15-23-51(47)60(54(48)36-44)45-20-12-7-13-21-45)50-35-38(2)25-33-53(50)61(52)46-29-26-42(27-30-46)56-39(3)55(58-40(4)59-56)41-16-8-5-9-17-41/h5-36H,1-4H3. The Morgan fingerprint density at radius 2 is 0.951 bits per heavy atom. The van der Waals surface area contributed by atoms with Gasteiger partial charge in [0.2, 0.25) is 0 Å². The van der Waals surface area contributed by atoms with Crippen LogP contribution in [0.4, 0.5) is 17.1 Å². The third-order valence-corrected chi connectivity index (χ3v) is 12.6. The Balaban J connectivity index is 1.15. The third kappa shape index (κ3) is 5.74. The van der Waals surface area contributed by atoms with Crippen LogP contribution in [0.3, 0.4) is 0 Å². The SMILES string of the molecule is Cc1ccc2c(c1)C(c1ccccc1)(c1ccc3c4ccccc4n(-c4ccccc4)c3c1)c1cc(C)ccc1N2c1ccc(-c2nc(C)nc(-c3ccccc3)c2C)cc1. The molecule has 4 nitrogen and oxygen atoms in total. The summed E-state index contributed by atoms with van der Waals surface area (Å²) in [6, 6.07) is 71.2. The zero-order valence-electron chi connectivity index (χ0n) is 34.8. The summed E-state index contributed by atoms with van der Waals surface area (Å²) in [4.78, 5) is 12.3. The first kappa shape index (κ1) is 36.5. The van der Waals surface area contributed by atoms with E-state index in [1.165, 1.54) is 55.2 Å². The lowest BCUT2D eigenvalue weighted by atomic mass is 9.62. The summed E-state index contributed by atoms with van der Waals surface area (Å²) in [7, 11) is 0. The van der Waals surface area contributed by atoms with E-state index in [1.54, 1.807) is 0 Å². The molecule has 0 aliphatic carbocycles. The minimum Gasteiger partial charge on any atom is -0.310 e. The van der Waals surface area contributed by atoms with Gasteiger partial charge in [0.15, 0.2) is 0 Å². The van der Waals surface area contributed by atoms with Crippen molar-refractivity contribution >= 4 is 38.9 Å². The van der Waals surface area contributed by atoms with Crippen molar-refractivity contribution in [2.45, 2.75) is 33.1 Å².